The van der Waals surface area contributed by atoms with Crippen molar-refractivity contribution in [2.75, 3.05) is 6.54 Å². The molecule has 0 bridgehead atoms. The van der Waals surface area contributed by atoms with Crippen LogP contribution in [0.5, 0.6) is 0 Å². The zero-order valence-corrected chi connectivity index (χ0v) is 11.6. The van der Waals surface area contributed by atoms with Gasteiger partial charge in [-0.2, -0.15) is 5.10 Å². The van der Waals surface area contributed by atoms with Crippen LogP contribution in [0.15, 0.2) is 42.6 Å². The molecule has 3 nitrogen and oxygen atoms in total. The Morgan fingerprint density at radius 1 is 1.32 bits per heavy atom. The van der Waals surface area contributed by atoms with Crippen LogP contribution in [0.25, 0.3) is 5.69 Å². The van der Waals surface area contributed by atoms with Gasteiger partial charge in [-0.05, 0) is 43.0 Å². The van der Waals surface area contributed by atoms with Crippen LogP contribution in [0.2, 0.25) is 0 Å². The second-order valence-electron chi connectivity index (χ2n) is 5.42. The average Bonchev–Trinajstić information content (AvgIpc) is 2.98. The first-order chi connectivity index (χ1) is 9.31. The Labute approximate surface area is 114 Å². The minimum Gasteiger partial charge on any atom is -0.309 e. The van der Waals surface area contributed by atoms with Crippen LogP contribution >= 0.6 is 0 Å². The molecule has 1 fully saturated rings. The fourth-order valence-electron chi connectivity index (χ4n) is 2.84. The van der Waals surface area contributed by atoms with Gasteiger partial charge in [-0.15, -0.1) is 0 Å². The second kappa shape index (κ2) is 5.17. The largest absolute Gasteiger partial charge is 0.309 e. The molecule has 1 aliphatic rings. The Morgan fingerprint density at radius 3 is 2.68 bits per heavy atom. The highest BCUT2D eigenvalue weighted by Crippen LogP contribution is 2.47. The summed E-state index contributed by atoms with van der Waals surface area (Å²) in [7, 11) is 0. The van der Waals surface area contributed by atoms with Crippen molar-refractivity contribution in [3.05, 3.63) is 48.3 Å². The van der Waals surface area contributed by atoms with E-state index in [2.05, 4.69) is 59.3 Å². The molecule has 3 atom stereocenters. The number of benzene rings is 1. The molecular formula is C16H21N3. The van der Waals surface area contributed by atoms with Crippen molar-refractivity contribution in [2.45, 2.75) is 26.3 Å². The second-order valence-corrected chi connectivity index (χ2v) is 5.42. The molecule has 1 heterocycles. The van der Waals surface area contributed by atoms with Gasteiger partial charge >= 0.3 is 0 Å². The molecular weight excluding hydrogens is 234 g/mol. The third-order valence-corrected chi connectivity index (χ3v) is 4.02. The minimum absolute atomic E-state index is 0.419. The first-order valence-electron chi connectivity index (χ1n) is 7.14. The molecule has 1 aliphatic carbocycles. The number of aromatic nitrogens is 2. The molecule has 0 amide bonds. The van der Waals surface area contributed by atoms with Crippen molar-refractivity contribution in [1.29, 1.82) is 0 Å². The zero-order chi connectivity index (χ0) is 13.2. The van der Waals surface area contributed by atoms with E-state index in [1.807, 2.05) is 12.3 Å². The van der Waals surface area contributed by atoms with E-state index in [0.717, 1.165) is 24.1 Å². The molecule has 2 aromatic rings. The van der Waals surface area contributed by atoms with Gasteiger partial charge in [0, 0.05) is 6.20 Å². The summed E-state index contributed by atoms with van der Waals surface area (Å²) in [5.74, 6) is 1.57. The minimum atomic E-state index is 0.419. The van der Waals surface area contributed by atoms with E-state index in [9.17, 15) is 0 Å². The maximum absolute atomic E-state index is 4.50. The van der Waals surface area contributed by atoms with E-state index in [-0.39, 0.29) is 0 Å². The lowest BCUT2D eigenvalue weighted by atomic mass is 10.1. The number of hydrogen-bond acceptors (Lipinski definition) is 2. The van der Waals surface area contributed by atoms with Crippen molar-refractivity contribution in [2.24, 2.45) is 11.8 Å². The number of nitrogens with one attached hydrogen (secondary N) is 1. The summed E-state index contributed by atoms with van der Waals surface area (Å²) in [5.41, 5.74) is 2.42. The highest BCUT2D eigenvalue weighted by molar-refractivity contribution is 5.33. The van der Waals surface area contributed by atoms with Crippen LogP contribution in [0.4, 0.5) is 0 Å². The third kappa shape index (κ3) is 2.43. The lowest BCUT2D eigenvalue weighted by molar-refractivity contribution is 0.454. The Morgan fingerprint density at radius 2 is 2.05 bits per heavy atom. The highest BCUT2D eigenvalue weighted by atomic mass is 15.3. The van der Waals surface area contributed by atoms with Gasteiger partial charge in [0.1, 0.15) is 0 Å². The van der Waals surface area contributed by atoms with Gasteiger partial charge in [-0.3, -0.25) is 0 Å². The SMILES string of the molecule is CCNC(c1ccnn1-c1ccccc1)C1CC1C. The maximum atomic E-state index is 4.50. The normalized spacial score (nSPS) is 23.3. The number of para-hydroxylation sites is 1. The lowest BCUT2D eigenvalue weighted by Crippen LogP contribution is -2.25. The molecule has 0 saturated heterocycles. The van der Waals surface area contributed by atoms with E-state index in [4.69, 9.17) is 0 Å². The van der Waals surface area contributed by atoms with Gasteiger partial charge in [-0.1, -0.05) is 32.0 Å². The summed E-state index contributed by atoms with van der Waals surface area (Å²) < 4.78 is 2.07. The van der Waals surface area contributed by atoms with E-state index in [1.54, 1.807) is 0 Å². The van der Waals surface area contributed by atoms with Gasteiger partial charge in [0.25, 0.3) is 0 Å². The number of hydrogen-bond donors (Lipinski definition) is 1. The molecule has 100 valence electrons. The maximum Gasteiger partial charge on any atom is 0.0649 e. The summed E-state index contributed by atoms with van der Waals surface area (Å²) in [6.07, 6.45) is 3.22. The lowest BCUT2D eigenvalue weighted by Gasteiger charge is -2.19. The summed E-state index contributed by atoms with van der Waals surface area (Å²) in [6, 6.07) is 12.9. The van der Waals surface area contributed by atoms with Gasteiger partial charge in [0.2, 0.25) is 0 Å². The zero-order valence-electron chi connectivity index (χ0n) is 11.6. The molecule has 3 heteroatoms. The fourth-order valence-corrected chi connectivity index (χ4v) is 2.84. The Kier molecular flexibility index (Phi) is 3.38. The summed E-state index contributed by atoms with van der Waals surface area (Å²) in [6.45, 7) is 5.50. The van der Waals surface area contributed by atoms with Crippen molar-refractivity contribution >= 4 is 0 Å². The molecule has 0 aliphatic heterocycles. The van der Waals surface area contributed by atoms with Gasteiger partial charge < -0.3 is 5.32 Å². The molecule has 1 aromatic carbocycles. The monoisotopic (exact) mass is 255 g/mol. The first kappa shape index (κ1) is 12.4. The van der Waals surface area contributed by atoms with Crippen LogP contribution in [-0.4, -0.2) is 16.3 Å². The van der Waals surface area contributed by atoms with E-state index >= 15 is 0 Å². The molecule has 1 aromatic heterocycles. The summed E-state index contributed by atoms with van der Waals surface area (Å²) in [5, 5.41) is 8.13. The Balaban J connectivity index is 1.94. The summed E-state index contributed by atoms with van der Waals surface area (Å²) in [4.78, 5) is 0. The van der Waals surface area contributed by atoms with Crippen LogP contribution in [0, 0.1) is 11.8 Å². The van der Waals surface area contributed by atoms with Gasteiger partial charge in [0.05, 0.1) is 17.4 Å². The molecule has 1 N–H and O–H groups in total. The number of nitrogens with zero attached hydrogens (tertiary/aromatic N) is 2. The van der Waals surface area contributed by atoms with Crippen LogP contribution in [0.3, 0.4) is 0 Å². The van der Waals surface area contributed by atoms with Crippen molar-refractivity contribution < 1.29 is 0 Å². The van der Waals surface area contributed by atoms with Crippen LogP contribution in [0.1, 0.15) is 32.0 Å². The molecule has 1 saturated carbocycles. The number of rotatable bonds is 5. The fraction of sp³-hybridized carbons (Fsp3) is 0.438. The first-order valence-corrected chi connectivity index (χ1v) is 7.14. The van der Waals surface area contributed by atoms with E-state index < -0.39 is 0 Å². The van der Waals surface area contributed by atoms with E-state index in [1.165, 1.54) is 12.1 Å². The van der Waals surface area contributed by atoms with E-state index in [0.29, 0.717) is 6.04 Å². The van der Waals surface area contributed by atoms with Gasteiger partial charge in [0.15, 0.2) is 0 Å². The van der Waals surface area contributed by atoms with Crippen molar-refractivity contribution in [3.63, 3.8) is 0 Å². The average molecular weight is 255 g/mol. The van der Waals surface area contributed by atoms with Crippen molar-refractivity contribution in [1.82, 2.24) is 15.1 Å². The Bertz CT molecular complexity index is 532. The molecule has 3 unspecified atom stereocenters. The predicted molar refractivity (Wildman–Crippen MR) is 77.3 cm³/mol. The van der Waals surface area contributed by atoms with Crippen molar-refractivity contribution in [3.8, 4) is 5.69 Å². The predicted octanol–water partition coefficient (Wildman–Crippen LogP) is 3.18. The highest BCUT2D eigenvalue weighted by Gasteiger charge is 2.41. The van der Waals surface area contributed by atoms with Crippen LogP contribution in [-0.2, 0) is 0 Å². The third-order valence-electron chi connectivity index (χ3n) is 4.02. The molecule has 0 spiro atoms. The molecule has 3 rings (SSSR count). The Hall–Kier alpha value is -1.61. The molecule has 19 heavy (non-hydrogen) atoms. The standard InChI is InChI=1S/C16H21N3/c1-3-17-16(14-11-12(14)2)15-9-10-18-19(15)13-7-5-4-6-8-13/h4-10,12,14,16-17H,3,11H2,1-2H3. The topological polar surface area (TPSA) is 29.9 Å². The van der Waals surface area contributed by atoms with Gasteiger partial charge in [-0.25, -0.2) is 4.68 Å². The quantitative estimate of drug-likeness (QED) is 0.889. The summed E-state index contributed by atoms with van der Waals surface area (Å²) >= 11 is 0. The smallest absolute Gasteiger partial charge is 0.0649 e. The van der Waals surface area contributed by atoms with Crippen LogP contribution < -0.4 is 5.32 Å². The molecule has 0 radical (unpaired) electrons.